The summed E-state index contributed by atoms with van der Waals surface area (Å²) < 4.78 is 9.96. The fourth-order valence-electron chi connectivity index (χ4n) is 3.89. The van der Waals surface area contributed by atoms with Gasteiger partial charge in [0.25, 0.3) is 0 Å². The number of nitrogens with zero attached hydrogens (tertiary/aromatic N) is 4. The van der Waals surface area contributed by atoms with Crippen LogP contribution in [0, 0.1) is 22.7 Å². The summed E-state index contributed by atoms with van der Waals surface area (Å²) in [7, 11) is 0. The molecule has 4 rings (SSSR count). The predicted octanol–water partition coefficient (Wildman–Crippen LogP) is 3.44. The van der Waals surface area contributed by atoms with Crippen molar-refractivity contribution < 1.29 is 39.2 Å². The number of aliphatic imine (C=N–C) groups is 2. The maximum Gasteiger partial charge on any atom is 2.00 e. The summed E-state index contributed by atoms with van der Waals surface area (Å²) in [6, 6.07) is 18.9. The van der Waals surface area contributed by atoms with Crippen molar-refractivity contribution in [2.45, 2.75) is 26.7 Å². The first-order chi connectivity index (χ1) is 19.4. The molecule has 0 atom stereocenters. The number of dihydropyridines is 2. The van der Waals surface area contributed by atoms with Gasteiger partial charge >= 0.3 is 19.5 Å². The molecule has 2 aromatic carbocycles. The van der Waals surface area contributed by atoms with Crippen LogP contribution in [0.4, 0.5) is 0 Å². The SMILES string of the molecule is CCOC([O-])=C1C=C(Cc2ccc(C#N)cc2)C=NC1.CCOC([O-])=C1C=C(Cc2ccc(C#N)cc2)C=NC1.[Zn+2]. The zero-order chi connectivity index (χ0) is 28.7. The summed E-state index contributed by atoms with van der Waals surface area (Å²) in [6.45, 7) is 5.04. The molecule has 2 aromatic rings. The molecule has 8 nitrogen and oxygen atoms in total. The summed E-state index contributed by atoms with van der Waals surface area (Å²) in [5.74, 6) is -0.608. The summed E-state index contributed by atoms with van der Waals surface area (Å²) >= 11 is 0. The van der Waals surface area contributed by atoms with E-state index in [1.54, 1.807) is 50.5 Å². The summed E-state index contributed by atoms with van der Waals surface area (Å²) in [4.78, 5) is 8.38. The standard InChI is InChI=1S/2C16H16N2O2.Zn/c2*1-2-20-16(19)15-8-14(10-18-11-15)7-12-3-5-13(9-17)6-4-12;/h2*3-6,8,10,19H,2,7,11H2,1H3;/q;;+2/p-2. The zero-order valence-electron chi connectivity index (χ0n) is 23.3. The minimum absolute atomic E-state index is 0. The summed E-state index contributed by atoms with van der Waals surface area (Å²) in [5, 5.41) is 40.8. The molecule has 0 fully saturated rings. The molecule has 2 aliphatic rings. The van der Waals surface area contributed by atoms with Crippen LogP contribution in [-0.2, 0) is 41.8 Å². The van der Waals surface area contributed by atoms with Gasteiger partial charge in [0.1, 0.15) is 0 Å². The second-order valence-electron chi connectivity index (χ2n) is 8.84. The average Bonchev–Trinajstić information content (AvgIpc) is 2.99. The van der Waals surface area contributed by atoms with Gasteiger partial charge in [0.2, 0.25) is 0 Å². The Morgan fingerprint density at radius 3 is 1.39 bits per heavy atom. The molecule has 2 heterocycles. The van der Waals surface area contributed by atoms with Gasteiger partial charge in [0.05, 0.1) is 48.2 Å². The van der Waals surface area contributed by atoms with E-state index in [-0.39, 0.29) is 31.4 Å². The van der Waals surface area contributed by atoms with Gasteiger partial charge in [-0.3, -0.25) is 9.98 Å². The molecular formula is C32H30N4O4Zn. The minimum atomic E-state index is -0.304. The Hall–Kier alpha value is -4.46. The Balaban J connectivity index is 0.000000280. The van der Waals surface area contributed by atoms with E-state index in [0.717, 1.165) is 22.3 Å². The van der Waals surface area contributed by atoms with Gasteiger partial charge in [0.15, 0.2) is 0 Å². The first kappa shape index (κ1) is 32.8. The molecule has 0 spiro atoms. The first-order valence-electron chi connectivity index (χ1n) is 12.9. The smallest absolute Gasteiger partial charge is 0.613 e. The van der Waals surface area contributed by atoms with Crippen LogP contribution in [0.25, 0.3) is 0 Å². The van der Waals surface area contributed by atoms with Gasteiger partial charge in [-0.1, -0.05) is 50.3 Å². The number of benzene rings is 2. The van der Waals surface area contributed by atoms with Crippen LogP contribution in [-0.4, -0.2) is 38.7 Å². The Morgan fingerprint density at radius 2 is 1.07 bits per heavy atom. The van der Waals surface area contributed by atoms with Crippen LogP contribution in [0.5, 0.6) is 0 Å². The molecule has 41 heavy (non-hydrogen) atoms. The normalized spacial score (nSPS) is 15.9. The van der Waals surface area contributed by atoms with E-state index < -0.39 is 0 Å². The topological polar surface area (TPSA) is 137 Å². The zero-order valence-corrected chi connectivity index (χ0v) is 26.3. The van der Waals surface area contributed by atoms with E-state index in [0.29, 0.717) is 61.4 Å². The Labute approximate surface area is 253 Å². The van der Waals surface area contributed by atoms with Crippen LogP contribution in [0.1, 0.15) is 36.1 Å². The third kappa shape index (κ3) is 10.6. The molecule has 0 N–H and O–H groups in total. The molecule has 0 unspecified atom stereocenters. The van der Waals surface area contributed by atoms with Gasteiger partial charge in [-0.15, -0.1) is 0 Å². The van der Waals surface area contributed by atoms with Crippen molar-refractivity contribution in [3.8, 4) is 12.1 Å². The van der Waals surface area contributed by atoms with Crippen molar-refractivity contribution >= 4 is 12.4 Å². The number of allylic oxidation sites excluding steroid dienone is 2. The number of nitriles is 2. The Bertz CT molecular complexity index is 1330. The van der Waals surface area contributed by atoms with E-state index in [2.05, 4.69) is 22.1 Å². The van der Waals surface area contributed by atoms with Crippen molar-refractivity contribution in [1.29, 1.82) is 10.5 Å². The third-order valence-electron chi connectivity index (χ3n) is 5.81. The van der Waals surface area contributed by atoms with Crippen LogP contribution >= 0.6 is 0 Å². The van der Waals surface area contributed by atoms with Gasteiger partial charge in [0, 0.05) is 12.4 Å². The molecule has 0 saturated heterocycles. The van der Waals surface area contributed by atoms with Crippen molar-refractivity contribution in [1.82, 2.24) is 0 Å². The second-order valence-corrected chi connectivity index (χ2v) is 8.84. The molecule has 0 radical (unpaired) electrons. The molecular weight excluding hydrogens is 570 g/mol. The molecule has 2 aliphatic heterocycles. The van der Waals surface area contributed by atoms with Crippen molar-refractivity contribution in [2.24, 2.45) is 9.98 Å². The van der Waals surface area contributed by atoms with Gasteiger partial charge < -0.3 is 19.7 Å². The number of rotatable bonds is 8. The molecule has 0 bridgehead atoms. The largest absolute Gasteiger partial charge is 2.00 e. The quantitative estimate of drug-likeness (QED) is 0.337. The second kappa shape index (κ2) is 17.3. The molecule has 0 amide bonds. The molecule has 0 saturated carbocycles. The number of hydrogen-bond donors (Lipinski definition) is 0. The van der Waals surface area contributed by atoms with Gasteiger partial charge in [-0.05, 0) is 83.7 Å². The van der Waals surface area contributed by atoms with E-state index in [1.165, 1.54) is 0 Å². The Kier molecular flexibility index (Phi) is 13.8. The van der Waals surface area contributed by atoms with E-state index in [1.807, 2.05) is 36.4 Å². The maximum absolute atomic E-state index is 11.7. The van der Waals surface area contributed by atoms with Crippen LogP contribution < -0.4 is 10.2 Å². The fourth-order valence-corrected chi connectivity index (χ4v) is 3.89. The fraction of sp³-hybridized carbons (Fsp3) is 0.250. The average molecular weight is 600 g/mol. The monoisotopic (exact) mass is 598 g/mol. The van der Waals surface area contributed by atoms with Gasteiger partial charge in [-0.2, -0.15) is 10.5 Å². The van der Waals surface area contributed by atoms with E-state index in [4.69, 9.17) is 20.0 Å². The van der Waals surface area contributed by atoms with E-state index in [9.17, 15) is 10.2 Å². The Morgan fingerprint density at radius 1 is 0.707 bits per heavy atom. The van der Waals surface area contributed by atoms with Crippen LogP contribution in [0.2, 0.25) is 0 Å². The maximum atomic E-state index is 11.7. The van der Waals surface area contributed by atoms with Gasteiger partial charge in [-0.25, -0.2) is 0 Å². The van der Waals surface area contributed by atoms with Crippen molar-refractivity contribution in [3.05, 3.63) is 117 Å². The van der Waals surface area contributed by atoms with Crippen molar-refractivity contribution in [2.75, 3.05) is 26.3 Å². The first-order valence-corrected chi connectivity index (χ1v) is 12.9. The minimum Gasteiger partial charge on any atom is -0.613 e. The van der Waals surface area contributed by atoms with Crippen LogP contribution in [0.15, 0.2) is 105 Å². The summed E-state index contributed by atoms with van der Waals surface area (Å²) in [5.41, 5.74) is 6.51. The van der Waals surface area contributed by atoms with E-state index >= 15 is 0 Å². The van der Waals surface area contributed by atoms with Crippen molar-refractivity contribution in [3.63, 3.8) is 0 Å². The molecule has 0 aliphatic carbocycles. The number of ether oxygens (including phenoxy) is 2. The summed E-state index contributed by atoms with van der Waals surface area (Å²) in [6.07, 6.45) is 8.59. The third-order valence-corrected chi connectivity index (χ3v) is 5.81. The number of hydrogen-bond acceptors (Lipinski definition) is 8. The predicted molar refractivity (Wildman–Crippen MR) is 150 cm³/mol. The van der Waals surface area contributed by atoms with Crippen LogP contribution in [0.3, 0.4) is 0 Å². The molecule has 204 valence electrons. The molecule has 9 heteroatoms. The molecule has 0 aromatic heterocycles.